The van der Waals surface area contributed by atoms with Crippen LogP contribution in [0.15, 0.2) is 0 Å². The lowest BCUT2D eigenvalue weighted by atomic mass is 9.75. The molecule has 0 fully saturated rings. The Morgan fingerprint density at radius 3 is 1.87 bits per heavy atom. The molecular weight excluding hydrogens is 413 g/mol. The van der Waals surface area contributed by atoms with E-state index in [4.69, 9.17) is 24.9 Å². The van der Waals surface area contributed by atoms with Gasteiger partial charge in [0.15, 0.2) is 0 Å². The van der Waals surface area contributed by atoms with E-state index in [0.29, 0.717) is 32.7 Å². The van der Waals surface area contributed by atoms with Gasteiger partial charge in [-0.25, -0.2) is 11.1 Å². The molecule has 0 aliphatic rings. The molecule has 0 aliphatic carbocycles. The van der Waals surface area contributed by atoms with Crippen LogP contribution in [0.5, 0.6) is 0 Å². The summed E-state index contributed by atoms with van der Waals surface area (Å²) in [6.07, 6.45) is 11.8. The molecule has 0 aromatic carbocycles. The van der Waals surface area contributed by atoms with Gasteiger partial charge in [0, 0.05) is 0 Å². The van der Waals surface area contributed by atoms with Crippen molar-refractivity contribution in [3.8, 4) is 0 Å². The number of hydrogen-bond donors (Lipinski definition) is 0. The van der Waals surface area contributed by atoms with Crippen molar-refractivity contribution in [3.05, 3.63) is 11.4 Å². The second-order valence-electron chi connectivity index (χ2n) is 8.46. The molecule has 0 bridgehead atoms. The minimum atomic E-state index is -3.70. The first-order valence-electron chi connectivity index (χ1n) is 12.4. The first kappa shape index (κ1) is 30.6. The molecule has 0 aliphatic heterocycles. The highest BCUT2D eigenvalue weighted by atomic mass is 31.2. The third kappa shape index (κ3) is 14.3. The molecule has 2 atom stereocenters. The highest BCUT2D eigenvalue weighted by Crippen LogP contribution is 2.51. The van der Waals surface area contributed by atoms with Crippen LogP contribution in [0.2, 0.25) is 0 Å². The number of phosphoric acid groups is 1. The molecule has 0 radical (unpaired) electrons. The van der Waals surface area contributed by atoms with Gasteiger partial charge in [-0.15, -0.1) is 0 Å². The van der Waals surface area contributed by atoms with Gasteiger partial charge < -0.3 is 9.58 Å². The second kappa shape index (κ2) is 19.1. The average molecular weight is 462 g/mol. The molecule has 0 aromatic rings. The van der Waals surface area contributed by atoms with Gasteiger partial charge in [-0.3, -0.25) is 13.6 Å². The Balaban J connectivity index is 5.02. The Morgan fingerprint density at radius 1 is 0.871 bits per heavy atom. The molecule has 7 heteroatoms. The molecule has 0 aromatic heterocycles. The van der Waals surface area contributed by atoms with E-state index in [9.17, 15) is 4.57 Å². The van der Waals surface area contributed by atoms with Crippen molar-refractivity contribution in [2.24, 2.45) is 5.41 Å². The molecular formula is C24H48NO5P. The molecule has 0 amide bonds. The minimum absolute atomic E-state index is 0.0376. The fraction of sp³-hybridized carbons (Fsp3) is 0.958. The monoisotopic (exact) mass is 461 g/mol. The van der Waals surface area contributed by atoms with Gasteiger partial charge in [0.25, 0.3) is 0 Å². The Morgan fingerprint density at radius 2 is 1.42 bits per heavy atom. The molecule has 0 heterocycles. The smallest absolute Gasteiger partial charge is 0.378 e. The van der Waals surface area contributed by atoms with Crippen molar-refractivity contribution < 1.29 is 22.9 Å². The summed E-state index contributed by atoms with van der Waals surface area (Å²) < 4.78 is 35.7. The molecule has 0 saturated heterocycles. The van der Waals surface area contributed by atoms with E-state index in [1.54, 1.807) is 0 Å². The first-order chi connectivity index (χ1) is 14.9. The average Bonchev–Trinajstić information content (AvgIpc) is 2.78. The van der Waals surface area contributed by atoms with Gasteiger partial charge in [-0.1, -0.05) is 73.1 Å². The van der Waals surface area contributed by atoms with Crippen molar-refractivity contribution in [3.63, 3.8) is 0 Å². The predicted molar refractivity (Wildman–Crippen MR) is 128 cm³/mol. The van der Waals surface area contributed by atoms with Gasteiger partial charge in [0.1, 0.15) is 6.61 Å². The lowest BCUT2D eigenvalue weighted by molar-refractivity contribution is -0.0250. The van der Waals surface area contributed by atoms with E-state index in [0.717, 1.165) is 0 Å². The molecule has 2 unspecified atom stereocenters. The number of phosphoric ester groups is 1. The predicted octanol–water partition coefficient (Wildman–Crippen LogP) is 7.83. The Labute approximate surface area is 192 Å². The number of rotatable bonds is 22. The zero-order chi connectivity index (χ0) is 23.4. The van der Waals surface area contributed by atoms with Crippen molar-refractivity contribution >= 4 is 7.82 Å². The summed E-state index contributed by atoms with van der Waals surface area (Å²) in [4.78, 5) is 3.24. The maximum atomic E-state index is 13.0. The normalized spacial score (nSPS) is 14.8. The van der Waals surface area contributed by atoms with Crippen LogP contribution in [0.25, 0.3) is 4.85 Å². The summed E-state index contributed by atoms with van der Waals surface area (Å²) >= 11 is 0. The molecule has 0 N–H and O–H groups in total. The highest BCUT2D eigenvalue weighted by Gasteiger charge is 2.32. The molecule has 0 spiro atoms. The summed E-state index contributed by atoms with van der Waals surface area (Å²) in [6.45, 7) is 19.1. The highest BCUT2D eigenvalue weighted by molar-refractivity contribution is 7.48. The van der Waals surface area contributed by atoms with E-state index in [1.165, 1.54) is 57.8 Å². The van der Waals surface area contributed by atoms with Crippen LogP contribution < -0.4 is 0 Å². The lowest BCUT2D eigenvalue weighted by Crippen LogP contribution is -2.30. The quantitative estimate of drug-likeness (QED) is 0.0934. The molecule has 184 valence electrons. The number of hydrogen-bond acceptors (Lipinski definition) is 5. The van der Waals surface area contributed by atoms with Crippen molar-refractivity contribution in [2.45, 2.75) is 111 Å². The van der Waals surface area contributed by atoms with Crippen molar-refractivity contribution in [2.75, 3.05) is 33.0 Å². The van der Waals surface area contributed by atoms with Crippen LogP contribution >= 0.6 is 7.82 Å². The van der Waals surface area contributed by atoms with Gasteiger partial charge in [-0.05, 0) is 37.5 Å². The summed E-state index contributed by atoms with van der Waals surface area (Å²) in [6, 6.07) is 0. The SMILES string of the molecule is [C-]#[N+]CCOP(=O)(OCCC)OC(CC)COCC(CCCC)(CCCC)CCCC. The van der Waals surface area contributed by atoms with E-state index < -0.39 is 7.82 Å². The van der Waals surface area contributed by atoms with Crippen molar-refractivity contribution in [1.29, 1.82) is 0 Å². The molecule has 31 heavy (non-hydrogen) atoms. The van der Waals surface area contributed by atoms with E-state index in [-0.39, 0.29) is 24.7 Å². The molecule has 6 nitrogen and oxygen atoms in total. The zero-order valence-electron chi connectivity index (χ0n) is 20.8. The first-order valence-corrected chi connectivity index (χ1v) is 13.9. The summed E-state index contributed by atoms with van der Waals surface area (Å²) in [7, 11) is -3.70. The van der Waals surface area contributed by atoms with Gasteiger partial charge in [0.05, 0.1) is 25.9 Å². The summed E-state index contributed by atoms with van der Waals surface area (Å²) in [5.41, 5.74) is 0.217. The lowest BCUT2D eigenvalue weighted by Gasteiger charge is -2.35. The topological polar surface area (TPSA) is 58.4 Å². The second-order valence-corrected chi connectivity index (χ2v) is 10.1. The Bertz CT molecular complexity index is 487. The largest absolute Gasteiger partial charge is 0.475 e. The Hall–Kier alpha value is -0.440. The number of ether oxygens (including phenoxy) is 1. The third-order valence-corrected chi connectivity index (χ3v) is 7.09. The van der Waals surface area contributed by atoms with Crippen LogP contribution in [-0.4, -0.2) is 39.1 Å². The summed E-state index contributed by atoms with van der Waals surface area (Å²) in [5.74, 6) is 0. The van der Waals surface area contributed by atoms with E-state index >= 15 is 0 Å². The standard InChI is InChI=1S/C24H48NO5P/c1-7-12-15-24(16-13-8-2,17-14-9-3)22-27-21-23(11-5)30-31(26,28-19-10-4)29-20-18-25-6/h23H,7-22H2,1-5H3. The van der Waals surface area contributed by atoms with E-state index in [1.807, 2.05) is 13.8 Å². The minimum Gasteiger partial charge on any atom is -0.378 e. The number of unbranched alkanes of at least 4 members (excludes halogenated alkanes) is 3. The van der Waals surface area contributed by atoms with Crippen LogP contribution in [0.4, 0.5) is 0 Å². The fourth-order valence-corrected chi connectivity index (χ4v) is 5.04. The van der Waals surface area contributed by atoms with Crippen molar-refractivity contribution in [1.82, 2.24) is 0 Å². The van der Waals surface area contributed by atoms with Crippen LogP contribution in [0, 0.1) is 12.0 Å². The third-order valence-electron chi connectivity index (χ3n) is 5.53. The number of nitrogens with zero attached hydrogens (tertiary/aromatic N) is 1. The van der Waals surface area contributed by atoms with Crippen LogP contribution in [0.1, 0.15) is 105 Å². The summed E-state index contributed by atoms with van der Waals surface area (Å²) in [5, 5.41) is 0. The molecule has 0 saturated carbocycles. The van der Waals surface area contributed by atoms with Crippen LogP contribution in [0.3, 0.4) is 0 Å². The van der Waals surface area contributed by atoms with Crippen LogP contribution in [-0.2, 0) is 22.9 Å². The van der Waals surface area contributed by atoms with E-state index in [2.05, 4.69) is 25.6 Å². The maximum Gasteiger partial charge on any atom is 0.475 e. The molecule has 0 rings (SSSR count). The van der Waals surface area contributed by atoms with Gasteiger partial charge in [-0.2, -0.15) is 0 Å². The van der Waals surface area contributed by atoms with Gasteiger partial charge in [0.2, 0.25) is 6.54 Å². The Kier molecular flexibility index (Phi) is 18.8. The van der Waals surface area contributed by atoms with Gasteiger partial charge >= 0.3 is 7.82 Å². The fourth-order valence-electron chi connectivity index (χ4n) is 3.56. The maximum absolute atomic E-state index is 13.0. The zero-order valence-corrected chi connectivity index (χ0v) is 21.7.